The Morgan fingerprint density at radius 3 is 3.00 bits per heavy atom. The SMILES string of the molecule is CCC(NC1CCN2CCCCC12)c1cccc(Br)c1. The monoisotopic (exact) mass is 336 g/mol. The highest BCUT2D eigenvalue weighted by atomic mass is 79.9. The molecule has 2 aliphatic rings. The van der Waals surface area contributed by atoms with Gasteiger partial charge in [-0.05, 0) is 49.9 Å². The first kappa shape index (κ1) is 14.6. The van der Waals surface area contributed by atoms with E-state index in [1.165, 1.54) is 48.8 Å². The van der Waals surface area contributed by atoms with Crippen molar-refractivity contribution in [3.63, 3.8) is 0 Å². The Hall–Kier alpha value is -0.380. The largest absolute Gasteiger partial charge is 0.306 e. The van der Waals surface area contributed by atoms with Crippen molar-refractivity contribution in [1.82, 2.24) is 10.2 Å². The van der Waals surface area contributed by atoms with Crippen molar-refractivity contribution in [3.8, 4) is 0 Å². The van der Waals surface area contributed by atoms with Crippen LogP contribution in [0.5, 0.6) is 0 Å². The van der Waals surface area contributed by atoms with Gasteiger partial charge in [0.25, 0.3) is 0 Å². The molecule has 3 atom stereocenters. The maximum atomic E-state index is 3.95. The van der Waals surface area contributed by atoms with Gasteiger partial charge < -0.3 is 5.32 Å². The Kier molecular flexibility index (Phi) is 4.79. The molecule has 3 unspecified atom stereocenters. The second-order valence-corrected chi connectivity index (χ2v) is 7.09. The zero-order chi connectivity index (χ0) is 13.9. The molecule has 2 saturated heterocycles. The van der Waals surface area contributed by atoms with Crippen molar-refractivity contribution in [3.05, 3.63) is 34.3 Å². The van der Waals surface area contributed by atoms with Crippen LogP contribution < -0.4 is 5.32 Å². The molecule has 0 radical (unpaired) electrons. The average Bonchev–Trinajstić information content (AvgIpc) is 2.88. The number of rotatable bonds is 4. The summed E-state index contributed by atoms with van der Waals surface area (Å²) in [7, 11) is 0. The molecule has 2 heterocycles. The molecule has 0 amide bonds. The summed E-state index contributed by atoms with van der Waals surface area (Å²) in [4.78, 5) is 2.70. The molecule has 1 aromatic carbocycles. The zero-order valence-electron chi connectivity index (χ0n) is 12.3. The lowest BCUT2D eigenvalue weighted by Gasteiger charge is -2.34. The molecule has 0 aliphatic carbocycles. The normalized spacial score (nSPS) is 28.3. The van der Waals surface area contributed by atoms with E-state index in [1.54, 1.807) is 0 Å². The molecule has 0 spiro atoms. The van der Waals surface area contributed by atoms with E-state index < -0.39 is 0 Å². The summed E-state index contributed by atoms with van der Waals surface area (Å²) in [5.41, 5.74) is 1.41. The quantitative estimate of drug-likeness (QED) is 0.889. The molecule has 2 fully saturated rings. The highest BCUT2D eigenvalue weighted by molar-refractivity contribution is 9.10. The smallest absolute Gasteiger partial charge is 0.0321 e. The predicted molar refractivity (Wildman–Crippen MR) is 87.9 cm³/mol. The average molecular weight is 337 g/mol. The van der Waals surface area contributed by atoms with Crippen LogP contribution in [0, 0.1) is 0 Å². The molecular weight excluding hydrogens is 312 g/mol. The second kappa shape index (κ2) is 6.59. The van der Waals surface area contributed by atoms with Gasteiger partial charge in [0.05, 0.1) is 0 Å². The van der Waals surface area contributed by atoms with Crippen LogP contribution in [0.1, 0.15) is 50.6 Å². The number of nitrogens with one attached hydrogen (secondary N) is 1. The molecule has 20 heavy (non-hydrogen) atoms. The molecular formula is C17H25BrN2. The Balaban J connectivity index is 1.69. The third kappa shape index (κ3) is 3.10. The fraction of sp³-hybridized carbons (Fsp3) is 0.647. The molecule has 110 valence electrons. The van der Waals surface area contributed by atoms with E-state index in [9.17, 15) is 0 Å². The molecule has 3 rings (SSSR count). The Morgan fingerprint density at radius 1 is 1.30 bits per heavy atom. The number of fused-ring (bicyclic) bond motifs is 1. The van der Waals surface area contributed by atoms with Crippen molar-refractivity contribution in [2.75, 3.05) is 13.1 Å². The van der Waals surface area contributed by atoms with Gasteiger partial charge in [-0.2, -0.15) is 0 Å². The van der Waals surface area contributed by atoms with Crippen LogP contribution in [0.3, 0.4) is 0 Å². The minimum Gasteiger partial charge on any atom is -0.306 e. The van der Waals surface area contributed by atoms with Crippen LogP contribution in [0.25, 0.3) is 0 Å². The van der Waals surface area contributed by atoms with Crippen LogP contribution in [-0.2, 0) is 0 Å². The molecule has 0 saturated carbocycles. The fourth-order valence-electron chi connectivity index (χ4n) is 3.87. The summed E-state index contributed by atoms with van der Waals surface area (Å²) in [6, 6.07) is 10.7. The highest BCUT2D eigenvalue weighted by Gasteiger charge is 2.36. The standard InChI is InChI=1S/C17H25BrN2/c1-2-15(13-6-5-7-14(18)12-13)19-16-9-11-20-10-4-3-8-17(16)20/h5-7,12,15-17,19H,2-4,8-11H2,1H3. The summed E-state index contributed by atoms with van der Waals surface area (Å²) in [5, 5.41) is 3.95. The Morgan fingerprint density at radius 2 is 2.20 bits per heavy atom. The van der Waals surface area contributed by atoms with Gasteiger partial charge in [-0.3, -0.25) is 4.90 Å². The molecule has 1 aromatic rings. The lowest BCUT2D eigenvalue weighted by atomic mass is 9.96. The molecule has 0 aromatic heterocycles. The van der Waals surface area contributed by atoms with Gasteiger partial charge in [0.15, 0.2) is 0 Å². The van der Waals surface area contributed by atoms with E-state index in [0.29, 0.717) is 12.1 Å². The van der Waals surface area contributed by atoms with E-state index in [2.05, 4.69) is 57.3 Å². The van der Waals surface area contributed by atoms with Crippen LogP contribution in [-0.4, -0.2) is 30.1 Å². The zero-order valence-corrected chi connectivity index (χ0v) is 13.9. The summed E-state index contributed by atoms with van der Waals surface area (Å²) in [6.45, 7) is 4.89. The highest BCUT2D eigenvalue weighted by Crippen LogP contribution is 2.30. The van der Waals surface area contributed by atoms with Crippen molar-refractivity contribution in [2.24, 2.45) is 0 Å². The minimum absolute atomic E-state index is 0.486. The van der Waals surface area contributed by atoms with Crippen molar-refractivity contribution < 1.29 is 0 Å². The van der Waals surface area contributed by atoms with Gasteiger partial charge >= 0.3 is 0 Å². The van der Waals surface area contributed by atoms with Crippen LogP contribution in [0.2, 0.25) is 0 Å². The van der Waals surface area contributed by atoms with Crippen LogP contribution >= 0.6 is 15.9 Å². The lowest BCUT2D eigenvalue weighted by molar-refractivity contribution is 0.176. The number of hydrogen-bond acceptors (Lipinski definition) is 2. The summed E-state index contributed by atoms with van der Waals surface area (Å²) in [6.07, 6.45) is 6.65. The lowest BCUT2D eigenvalue weighted by Crippen LogP contribution is -2.45. The number of benzene rings is 1. The summed E-state index contributed by atoms with van der Waals surface area (Å²) < 4.78 is 1.18. The van der Waals surface area contributed by atoms with Gasteiger partial charge in [0.1, 0.15) is 0 Å². The second-order valence-electron chi connectivity index (χ2n) is 6.18. The maximum absolute atomic E-state index is 3.95. The molecule has 3 heteroatoms. The first-order chi connectivity index (χ1) is 9.78. The Bertz CT molecular complexity index is 448. The fourth-order valence-corrected chi connectivity index (χ4v) is 4.29. The van der Waals surface area contributed by atoms with Gasteiger partial charge in [-0.1, -0.05) is 41.4 Å². The number of nitrogens with zero attached hydrogens (tertiary/aromatic N) is 1. The first-order valence-corrected chi connectivity index (χ1v) is 8.83. The van der Waals surface area contributed by atoms with Gasteiger partial charge in [-0.15, -0.1) is 0 Å². The van der Waals surface area contributed by atoms with Crippen molar-refractivity contribution >= 4 is 15.9 Å². The third-order valence-electron chi connectivity index (χ3n) is 4.93. The van der Waals surface area contributed by atoms with E-state index in [1.807, 2.05) is 0 Å². The van der Waals surface area contributed by atoms with Crippen molar-refractivity contribution in [2.45, 2.75) is 57.2 Å². The van der Waals surface area contributed by atoms with Crippen LogP contribution in [0.4, 0.5) is 0 Å². The van der Waals surface area contributed by atoms with Crippen molar-refractivity contribution in [1.29, 1.82) is 0 Å². The third-order valence-corrected chi connectivity index (χ3v) is 5.42. The number of piperidine rings is 1. The summed E-state index contributed by atoms with van der Waals surface area (Å²) in [5.74, 6) is 0. The number of halogens is 1. The van der Waals surface area contributed by atoms with Gasteiger partial charge in [-0.25, -0.2) is 0 Å². The molecule has 2 aliphatic heterocycles. The predicted octanol–water partition coefficient (Wildman–Crippen LogP) is 4.12. The number of hydrogen-bond donors (Lipinski definition) is 1. The van der Waals surface area contributed by atoms with Crippen LogP contribution in [0.15, 0.2) is 28.7 Å². The van der Waals surface area contributed by atoms with E-state index in [4.69, 9.17) is 0 Å². The van der Waals surface area contributed by atoms with Gasteiger partial charge in [0, 0.05) is 29.1 Å². The molecule has 0 bridgehead atoms. The van der Waals surface area contributed by atoms with E-state index in [-0.39, 0.29) is 0 Å². The molecule has 1 N–H and O–H groups in total. The topological polar surface area (TPSA) is 15.3 Å². The van der Waals surface area contributed by atoms with E-state index >= 15 is 0 Å². The first-order valence-electron chi connectivity index (χ1n) is 8.03. The molecule has 2 nitrogen and oxygen atoms in total. The minimum atomic E-state index is 0.486. The Labute approximate surface area is 131 Å². The summed E-state index contributed by atoms with van der Waals surface area (Å²) >= 11 is 3.59. The van der Waals surface area contributed by atoms with E-state index in [0.717, 1.165) is 12.5 Å². The maximum Gasteiger partial charge on any atom is 0.0321 e. The van der Waals surface area contributed by atoms with Gasteiger partial charge in [0.2, 0.25) is 0 Å².